The Morgan fingerprint density at radius 3 is 1.14 bits per heavy atom. The second kappa shape index (κ2) is 57.3. The zero-order chi connectivity index (χ0) is 55.5. The highest BCUT2D eigenvalue weighted by atomic mass is 31.2. The van der Waals surface area contributed by atoms with Crippen LogP contribution in [-0.4, -0.2) is 66.5 Å². The number of phosphoric acid groups is 1. The lowest BCUT2D eigenvalue weighted by atomic mass is 10.1. The normalized spacial score (nSPS) is 14.1. The van der Waals surface area contributed by atoms with Crippen LogP contribution in [-0.2, 0) is 42.2 Å². The van der Waals surface area contributed by atoms with Crippen molar-refractivity contribution in [2.24, 2.45) is 0 Å². The van der Waals surface area contributed by atoms with E-state index in [1.807, 2.05) is 12.2 Å². The first-order chi connectivity index (χ1) is 37.2. The fourth-order valence-electron chi connectivity index (χ4n) is 7.71. The molecule has 0 aromatic carbocycles. The van der Waals surface area contributed by atoms with Crippen LogP contribution >= 0.6 is 7.82 Å². The van der Waals surface area contributed by atoms with E-state index in [-0.39, 0.29) is 25.9 Å². The molecule has 12 heteroatoms. The lowest BCUT2D eigenvalue weighted by molar-refractivity contribution is -0.161. The number of aliphatic hydroxyl groups excluding tert-OH is 1. The van der Waals surface area contributed by atoms with Gasteiger partial charge in [0.15, 0.2) is 6.10 Å². The van der Waals surface area contributed by atoms with Gasteiger partial charge in [0.25, 0.3) is 0 Å². The summed E-state index contributed by atoms with van der Waals surface area (Å²) < 4.78 is 39.5. The molecule has 0 heterocycles. The Hall–Kier alpha value is -3.86. The second-order valence-corrected chi connectivity index (χ2v) is 20.8. The SMILES string of the molecule is CC/C=C\C/C=C\C/C=C\C/C=C\CCCCCCCCC(=O)OCC(COP(=O)(O)OCC(CO)OC(=O)CC/C=C\C/C=C\C/C=C\C/C=C\CC)OC(=O)CCCCCCCCC/C=C\CCCCCCCC. The lowest BCUT2D eigenvalue weighted by Crippen LogP contribution is -2.30. The Labute approximate surface area is 463 Å². The number of esters is 3. The number of ether oxygens (including phenoxy) is 3. The molecule has 0 aliphatic carbocycles. The maximum atomic E-state index is 12.9. The number of carbonyl (C=O) groups excluding carboxylic acids is 3. The molecule has 0 aromatic rings. The highest BCUT2D eigenvalue weighted by Gasteiger charge is 2.28. The summed E-state index contributed by atoms with van der Waals surface area (Å²) >= 11 is 0. The average molecular weight is 1080 g/mol. The van der Waals surface area contributed by atoms with Crippen LogP contribution in [0.3, 0.4) is 0 Å². The molecule has 0 rings (SSSR count). The van der Waals surface area contributed by atoms with Crippen molar-refractivity contribution in [1.29, 1.82) is 0 Å². The van der Waals surface area contributed by atoms with Gasteiger partial charge in [0, 0.05) is 19.3 Å². The van der Waals surface area contributed by atoms with Crippen LogP contribution in [0, 0.1) is 0 Å². The Balaban J connectivity index is 4.81. The van der Waals surface area contributed by atoms with Gasteiger partial charge in [-0.3, -0.25) is 23.4 Å². The third-order valence-electron chi connectivity index (χ3n) is 12.2. The standard InChI is InChI=1S/C64H107O11P/c1-4-7-10-13-16-19-22-25-27-29-30-32-33-36-38-41-44-47-50-53-62(66)71-57-61(75-64(68)55-52-49-46-43-40-37-34-31-28-26-23-20-17-14-11-8-5-2)59-73-76(69,70)72-58-60(56-65)74-63(67)54-51-48-45-42-39-35-24-21-18-15-12-9-6-3/h7,9-10,12,16,18-19,21,25-28,30,32,35,39,45,48,60-61,65H,4-6,8,11,13-15,17,20,22-24,29,31,33-34,36-38,40-44,46-47,49-59H2,1-3H3,(H,69,70)/b10-7-,12-9-,19-16-,21-18-,27-25-,28-26-,32-30-,39-35-,48-45-. The fraction of sp³-hybridized carbons (Fsp3) is 0.672. The monoisotopic (exact) mass is 1080 g/mol. The number of allylic oxidation sites excluding steroid dienone is 18. The maximum absolute atomic E-state index is 12.9. The van der Waals surface area contributed by atoms with Crippen LogP contribution in [0.1, 0.15) is 239 Å². The number of unbranched alkanes of at least 4 members (excludes halogenated alkanes) is 19. The molecule has 434 valence electrons. The summed E-state index contributed by atoms with van der Waals surface area (Å²) in [4.78, 5) is 48.6. The van der Waals surface area contributed by atoms with Crippen LogP contribution in [0.5, 0.6) is 0 Å². The smallest absolute Gasteiger partial charge is 0.462 e. The molecule has 0 saturated heterocycles. The summed E-state index contributed by atoms with van der Waals surface area (Å²) in [5.41, 5.74) is 0. The van der Waals surface area contributed by atoms with Crippen molar-refractivity contribution in [3.8, 4) is 0 Å². The molecule has 0 radical (unpaired) electrons. The van der Waals surface area contributed by atoms with E-state index in [1.165, 1.54) is 57.8 Å². The highest BCUT2D eigenvalue weighted by molar-refractivity contribution is 7.47. The van der Waals surface area contributed by atoms with Gasteiger partial charge in [-0.15, -0.1) is 0 Å². The highest BCUT2D eigenvalue weighted by Crippen LogP contribution is 2.43. The quantitative estimate of drug-likeness (QED) is 0.0197. The largest absolute Gasteiger partial charge is 0.472 e. The Morgan fingerprint density at radius 2 is 0.711 bits per heavy atom. The van der Waals surface area contributed by atoms with Crippen molar-refractivity contribution in [1.82, 2.24) is 0 Å². The average Bonchev–Trinajstić information content (AvgIpc) is 3.41. The van der Waals surface area contributed by atoms with Gasteiger partial charge in [0.1, 0.15) is 12.7 Å². The summed E-state index contributed by atoms with van der Waals surface area (Å²) in [5, 5.41) is 9.80. The Morgan fingerprint density at radius 1 is 0.382 bits per heavy atom. The molecule has 3 unspecified atom stereocenters. The topological polar surface area (TPSA) is 155 Å². The maximum Gasteiger partial charge on any atom is 0.472 e. The molecule has 0 spiro atoms. The molecule has 3 atom stereocenters. The van der Waals surface area contributed by atoms with Crippen molar-refractivity contribution in [2.45, 2.75) is 251 Å². The molecule has 0 saturated carbocycles. The number of hydrogen-bond acceptors (Lipinski definition) is 10. The molecule has 0 fully saturated rings. The van der Waals surface area contributed by atoms with E-state index >= 15 is 0 Å². The minimum atomic E-state index is -4.78. The van der Waals surface area contributed by atoms with Crippen LogP contribution in [0.25, 0.3) is 0 Å². The molecule has 11 nitrogen and oxygen atoms in total. The van der Waals surface area contributed by atoms with Crippen molar-refractivity contribution >= 4 is 25.7 Å². The number of rotatable bonds is 54. The Bertz CT molecular complexity index is 1690. The van der Waals surface area contributed by atoms with Gasteiger partial charge in [-0.25, -0.2) is 4.57 Å². The number of carbonyl (C=O) groups is 3. The summed E-state index contributed by atoms with van der Waals surface area (Å²) in [5.74, 6) is -1.58. The predicted octanol–water partition coefficient (Wildman–Crippen LogP) is 17.8. The summed E-state index contributed by atoms with van der Waals surface area (Å²) in [6.07, 6.45) is 69.2. The summed E-state index contributed by atoms with van der Waals surface area (Å²) in [6, 6.07) is 0. The van der Waals surface area contributed by atoms with Gasteiger partial charge in [0.05, 0.1) is 19.8 Å². The van der Waals surface area contributed by atoms with Gasteiger partial charge in [-0.05, 0) is 109 Å². The first-order valence-electron chi connectivity index (χ1n) is 29.8. The first-order valence-corrected chi connectivity index (χ1v) is 31.3. The molecule has 2 N–H and O–H groups in total. The van der Waals surface area contributed by atoms with E-state index in [4.69, 9.17) is 23.3 Å². The minimum absolute atomic E-state index is 0.0506. The summed E-state index contributed by atoms with van der Waals surface area (Å²) in [6.45, 7) is 4.31. The fourth-order valence-corrected chi connectivity index (χ4v) is 8.49. The summed E-state index contributed by atoms with van der Waals surface area (Å²) in [7, 11) is -4.78. The van der Waals surface area contributed by atoms with Crippen molar-refractivity contribution in [3.63, 3.8) is 0 Å². The van der Waals surface area contributed by atoms with Crippen molar-refractivity contribution in [2.75, 3.05) is 26.4 Å². The van der Waals surface area contributed by atoms with Crippen molar-refractivity contribution in [3.05, 3.63) is 109 Å². The lowest BCUT2D eigenvalue weighted by Gasteiger charge is -2.21. The van der Waals surface area contributed by atoms with Crippen LogP contribution in [0.2, 0.25) is 0 Å². The van der Waals surface area contributed by atoms with E-state index in [1.54, 1.807) is 0 Å². The van der Waals surface area contributed by atoms with Crippen LogP contribution in [0.15, 0.2) is 109 Å². The van der Waals surface area contributed by atoms with E-state index in [0.29, 0.717) is 19.3 Å². The van der Waals surface area contributed by atoms with E-state index < -0.39 is 57.8 Å². The molecule has 0 bridgehead atoms. The first kappa shape index (κ1) is 72.1. The molecule has 0 aliphatic rings. The number of phosphoric ester groups is 1. The third-order valence-corrected chi connectivity index (χ3v) is 13.1. The van der Waals surface area contributed by atoms with Gasteiger partial charge >= 0.3 is 25.7 Å². The molecular formula is C64H107O11P. The van der Waals surface area contributed by atoms with E-state index in [2.05, 4.69) is 118 Å². The van der Waals surface area contributed by atoms with Gasteiger partial charge in [-0.2, -0.15) is 0 Å². The molecule has 0 aromatic heterocycles. The third kappa shape index (κ3) is 54.9. The zero-order valence-corrected chi connectivity index (χ0v) is 48.8. The van der Waals surface area contributed by atoms with Crippen molar-refractivity contribution < 1.29 is 52.2 Å². The van der Waals surface area contributed by atoms with Crippen LogP contribution < -0.4 is 0 Å². The van der Waals surface area contributed by atoms with Gasteiger partial charge in [-0.1, -0.05) is 220 Å². The second-order valence-electron chi connectivity index (χ2n) is 19.4. The van der Waals surface area contributed by atoms with E-state index in [9.17, 15) is 28.9 Å². The zero-order valence-electron chi connectivity index (χ0n) is 47.9. The molecule has 0 amide bonds. The molecule has 76 heavy (non-hydrogen) atoms. The molecule has 0 aliphatic heterocycles. The van der Waals surface area contributed by atoms with Crippen LogP contribution in [0.4, 0.5) is 0 Å². The minimum Gasteiger partial charge on any atom is -0.462 e. The van der Waals surface area contributed by atoms with E-state index in [0.717, 1.165) is 122 Å². The molecular weight excluding hydrogens is 976 g/mol. The van der Waals surface area contributed by atoms with Gasteiger partial charge < -0.3 is 24.2 Å². The predicted molar refractivity (Wildman–Crippen MR) is 316 cm³/mol. The number of aliphatic hydroxyl groups is 1. The number of hydrogen-bond donors (Lipinski definition) is 2. The van der Waals surface area contributed by atoms with Gasteiger partial charge in [0.2, 0.25) is 0 Å². The Kier molecular flexibility index (Phi) is 54.4.